The van der Waals surface area contributed by atoms with Crippen molar-refractivity contribution in [2.24, 2.45) is 21.6 Å². The zero-order valence-electron chi connectivity index (χ0n) is 8.61. The lowest BCUT2D eigenvalue weighted by molar-refractivity contribution is -0.125. The number of rotatable bonds is 4. The number of aliphatic imine (C=N–C) groups is 2. The lowest BCUT2D eigenvalue weighted by Gasteiger charge is -2.19. The molecule has 0 saturated heterocycles. The molecule has 0 bridgehead atoms. The Balaban J connectivity index is 4.47. The zero-order valence-corrected chi connectivity index (χ0v) is 8.61. The van der Waals surface area contributed by atoms with Crippen molar-refractivity contribution in [3.8, 4) is 0 Å². The summed E-state index contributed by atoms with van der Waals surface area (Å²) in [6, 6.07) is 0. The summed E-state index contributed by atoms with van der Waals surface area (Å²) >= 11 is 0. The Morgan fingerprint density at radius 1 is 1.46 bits per heavy atom. The third kappa shape index (κ3) is 3.83. The number of Topliss-reactive ketones (excluding diaryl/α,β-unsaturated/α-hetero) is 1. The van der Waals surface area contributed by atoms with E-state index in [2.05, 4.69) is 9.98 Å². The van der Waals surface area contributed by atoms with Gasteiger partial charge in [-0.1, -0.05) is 13.8 Å². The van der Waals surface area contributed by atoms with E-state index in [9.17, 15) is 4.79 Å². The Morgan fingerprint density at radius 3 is 2.38 bits per heavy atom. The fourth-order valence-electron chi connectivity index (χ4n) is 0.986. The fraction of sp³-hybridized carbons (Fsp3) is 0.667. The molecule has 0 aromatic rings. The highest BCUT2D eigenvalue weighted by atomic mass is 16.1. The van der Waals surface area contributed by atoms with Gasteiger partial charge >= 0.3 is 0 Å². The van der Waals surface area contributed by atoms with Gasteiger partial charge in [-0.05, 0) is 13.8 Å². The molecule has 4 nitrogen and oxygen atoms in total. The molecule has 0 aromatic heterocycles. The van der Waals surface area contributed by atoms with Crippen LogP contribution in [0.5, 0.6) is 0 Å². The molecule has 0 atom stereocenters. The van der Waals surface area contributed by atoms with Crippen LogP contribution in [-0.2, 0) is 4.79 Å². The number of hydrogen-bond acceptors (Lipinski definition) is 2. The van der Waals surface area contributed by atoms with Gasteiger partial charge in [0.05, 0.1) is 6.34 Å². The van der Waals surface area contributed by atoms with Crippen LogP contribution in [0.25, 0.3) is 0 Å². The second kappa shape index (κ2) is 4.74. The third-order valence-electron chi connectivity index (χ3n) is 1.66. The van der Waals surface area contributed by atoms with E-state index in [4.69, 9.17) is 5.73 Å². The Labute approximate surface area is 79.0 Å². The predicted octanol–water partition coefficient (Wildman–Crippen LogP) is 1.01. The van der Waals surface area contributed by atoms with Gasteiger partial charge in [0.15, 0.2) is 5.78 Å². The van der Waals surface area contributed by atoms with Crippen LogP contribution >= 0.6 is 0 Å². The molecule has 0 spiro atoms. The molecular weight excluding hydrogens is 166 g/mol. The molecule has 4 heteroatoms. The van der Waals surface area contributed by atoms with Gasteiger partial charge in [-0.3, -0.25) is 9.79 Å². The van der Waals surface area contributed by atoms with Crippen LogP contribution in [0.4, 0.5) is 0 Å². The highest BCUT2D eigenvalue weighted by molar-refractivity contribution is 5.90. The first-order chi connectivity index (χ1) is 5.91. The lowest BCUT2D eigenvalue weighted by atomic mass is 9.92. The van der Waals surface area contributed by atoms with Gasteiger partial charge in [0, 0.05) is 5.92 Å². The summed E-state index contributed by atoms with van der Waals surface area (Å²) in [5, 5.41) is 0. The van der Waals surface area contributed by atoms with Gasteiger partial charge in [0.2, 0.25) is 0 Å². The van der Waals surface area contributed by atoms with Gasteiger partial charge in [0.25, 0.3) is 0 Å². The average Bonchev–Trinajstić information content (AvgIpc) is 2.03. The Hall–Kier alpha value is -1.19. The minimum absolute atomic E-state index is 0.0194. The van der Waals surface area contributed by atoms with Gasteiger partial charge in [-0.15, -0.1) is 0 Å². The smallest absolute Gasteiger partial charge is 0.162 e. The zero-order chi connectivity index (χ0) is 10.5. The van der Waals surface area contributed by atoms with Gasteiger partial charge in [-0.25, -0.2) is 4.99 Å². The number of carbonyl (C=O) groups is 1. The number of nitrogens with two attached hydrogens (primary N) is 1. The van der Waals surface area contributed by atoms with Crippen molar-refractivity contribution in [2.75, 3.05) is 0 Å². The largest absolute Gasteiger partial charge is 0.390 e. The number of nitrogens with zero attached hydrogens (tertiary/aromatic N) is 2. The Morgan fingerprint density at radius 2 is 2.00 bits per heavy atom. The van der Waals surface area contributed by atoms with Crippen LogP contribution in [0, 0.1) is 5.92 Å². The van der Waals surface area contributed by atoms with Crippen LogP contribution in [-0.4, -0.2) is 24.0 Å². The predicted molar refractivity (Wildman–Crippen MR) is 55.1 cm³/mol. The van der Waals surface area contributed by atoms with Crippen LogP contribution < -0.4 is 5.73 Å². The van der Waals surface area contributed by atoms with Gasteiger partial charge in [-0.2, -0.15) is 0 Å². The van der Waals surface area contributed by atoms with Crippen molar-refractivity contribution in [3.63, 3.8) is 0 Å². The van der Waals surface area contributed by atoms with Crippen molar-refractivity contribution in [3.05, 3.63) is 0 Å². The van der Waals surface area contributed by atoms with E-state index < -0.39 is 5.54 Å². The summed E-state index contributed by atoms with van der Waals surface area (Å²) in [6.07, 6.45) is 2.44. The van der Waals surface area contributed by atoms with E-state index in [1.807, 2.05) is 13.8 Å². The quantitative estimate of drug-likeness (QED) is 0.522. The van der Waals surface area contributed by atoms with Crippen LogP contribution in [0.1, 0.15) is 27.7 Å². The molecule has 0 saturated carbocycles. The molecule has 74 valence electrons. The lowest BCUT2D eigenvalue weighted by Crippen LogP contribution is -2.33. The maximum Gasteiger partial charge on any atom is 0.162 e. The van der Waals surface area contributed by atoms with E-state index in [0.717, 1.165) is 6.34 Å². The minimum Gasteiger partial charge on any atom is -0.390 e. The molecule has 13 heavy (non-hydrogen) atoms. The molecule has 2 N–H and O–H groups in total. The fourth-order valence-corrected chi connectivity index (χ4v) is 0.986. The highest BCUT2D eigenvalue weighted by Gasteiger charge is 2.27. The summed E-state index contributed by atoms with van der Waals surface area (Å²) in [5.74, 6) is 0.0741. The molecule has 0 heterocycles. The second-order valence-corrected chi connectivity index (χ2v) is 3.62. The molecule has 0 amide bonds. The van der Waals surface area contributed by atoms with Crippen molar-refractivity contribution in [2.45, 2.75) is 33.2 Å². The molecule has 0 aliphatic heterocycles. The van der Waals surface area contributed by atoms with E-state index >= 15 is 0 Å². The second-order valence-electron chi connectivity index (χ2n) is 3.62. The summed E-state index contributed by atoms with van der Waals surface area (Å²) in [5.41, 5.74) is 4.32. The SMILES string of the molecule is CC(C)C(=O)C(C)(C)N=CN=CN. The van der Waals surface area contributed by atoms with E-state index in [0.29, 0.717) is 0 Å². The summed E-state index contributed by atoms with van der Waals surface area (Å²) < 4.78 is 0. The first-order valence-electron chi connectivity index (χ1n) is 4.23. The first-order valence-corrected chi connectivity index (χ1v) is 4.23. The molecule has 0 radical (unpaired) electrons. The van der Waals surface area contributed by atoms with Crippen LogP contribution in [0.15, 0.2) is 9.98 Å². The Bertz CT molecular complexity index is 229. The molecule has 0 rings (SSSR count). The monoisotopic (exact) mass is 183 g/mol. The summed E-state index contributed by atoms with van der Waals surface area (Å²) in [6.45, 7) is 7.23. The molecule has 0 aliphatic carbocycles. The maximum absolute atomic E-state index is 11.6. The standard InChI is InChI=1S/C9H17N3O/c1-7(2)8(13)9(3,4)12-6-11-5-10/h5-7H,1-4H3,(H2,10,11,12). The van der Waals surface area contributed by atoms with Crippen LogP contribution in [0.2, 0.25) is 0 Å². The van der Waals surface area contributed by atoms with E-state index in [-0.39, 0.29) is 11.7 Å². The molecule has 0 aliphatic rings. The van der Waals surface area contributed by atoms with Crippen LogP contribution in [0.3, 0.4) is 0 Å². The molecule has 0 unspecified atom stereocenters. The average molecular weight is 183 g/mol. The summed E-state index contributed by atoms with van der Waals surface area (Å²) in [7, 11) is 0. The van der Waals surface area contributed by atoms with Crippen molar-refractivity contribution >= 4 is 18.5 Å². The molecule has 0 fully saturated rings. The number of hydrogen-bond donors (Lipinski definition) is 1. The minimum atomic E-state index is -0.708. The highest BCUT2D eigenvalue weighted by Crippen LogP contribution is 2.15. The maximum atomic E-state index is 11.6. The molecular formula is C9H17N3O. The number of carbonyl (C=O) groups excluding carboxylic acids is 1. The van der Waals surface area contributed by atoms with Gasteiger partial charge < -0.3 is 5.73 Å². The van der Waals surface area contributed by atoms with Crippen molar-refractivity contribution in [1.82, 2.24) is 0 Å². The van der Waals surface area contributed by atoms with E-state index in [1.54, 1.807) is 13.8 Å². The van der Waals surface area contributed by atoms with Crippen molar-refractivity contribution < 1.29 is 4.79 Å². The normalized spacial score (nSPS) is 13.3. The third-order valence-corrected chi connectivity index (χ3v) is 1.66. The topological polar surface area (TPSA) is 67.8 Å². The van der Waals surface area contributed by atoms with Gasteiger partial charge in [0.1, 0.15) is 11.9 Å². The molecule has 0 aromatic carbocycles. The van der Waals surface area contributed by atoms with Crippen molar-refractivity contribution in [1.29, 1.82) is 0 Å². The first kappa shape index (κ1) is 11.8. The van der Waals surface area contributed by atoms with E-state index in [1.165, 1.54) is 6.34 Å². The number of ketones is 1. The summed E-state index contributed by atoms with van der Waals surface area (Å²) in [4.78, 5) is 19.2. The Kier molecular flexibility index (Phi) is 4.31.